The van der Waals surface area contributed by atoms with Crippen molar-refractivity contribution in [3.05, 3.63) is 35.4 Å². The Balaban J connectivity index is 1.62. The highest BCUT2D eigenvalue weighted by Gasteiger charge is 2.35. The van der Waals surface area contributed by atoms with Crippen LogP contribution in [0.3, 0.4) is 0 Å². The summed E-state index contributed by atoms with van der Waals surface area (Å²) in [6, 6.07) is 8.21. The van der Waals surface area contributed by atoms with Crippen LogP contribution < -0.4 is 5.32 Å². The van der Waals surface area contributed by atoms with Gasteiger partial charge in [0.15, 0.2) is 0 Å². The predicted molar refractivity (Wildman–Crippen MR) is 101 cm³/mol. The SMILES string of the molecule is CCOC(=O)C1CCCCN1CC(=O)NC(c1ccc(C)cc1)C1CC1. The second-order valence-electron chi connectivity index (χ2n) is 7.53. The molecule has 2 unspecified atom stereocenters. The Morgan fingerprint density at radius 3 is 2.58 bits per heavy atom. The van der Waals surface area contributed by atoms with Gasteiger partial charge in [0.25, 0.3) is 0 Å². The largest absolute Gasteiger partial charge is 0.465 e. The summed E-state index contributed by atoms with van der Waals surface area (Å²) in [7, 11) is 0. The molecule has 0 bridgehead atoms. The summed E-state index contributed by atoms with van der Waals surface area (Å²) in [6.45, 7) is 5.31. The molecule has 5 heteroatoms. The van der Waals surface area contributed by atoms with E-state index in [1.807, 2.05) is 11.8 Å². The van der Waals surface area contributed by atoms with Gasteiger partial charge in [0.05, 0.1) is 19.2 Å². The molecule has 0 radical (unpaired) electrons. The standard InChI is InChI=1S/C21H30N2O3/c1-3-26-21(25)18-6-4-5-13-23(18)14-19(24)22-20(17-11-12-17)16-9-7-15(2)8-10-16/h7-10,17-18,20H,3-6,11-14H2,1-2H3,(H,22,24). The molecule has 3 rings (SSSR count). The Labute approximate surface area is 156 Å². The van der Waals surface area contributed by atoms with Crippen LogP contribution in [0.25, 0.3) is 0 Å². The topological polar surface area (TPSA) is 58.6 Å². The van der Waals surface area contributed by atoms with Gasteiger partial charge in [-0.3, -0.25) is 14.5 Å². The summed E-state index contributed by atoms with van der Waals surface area (Å²) in [5, 5.41) is 3.22. The van der Waals surface area contributed by atoms with Gasteiger partial charge in [-0.15, -0.1) is 0 Å². The van der Waals surface area contributed by atoms with E-state index in [0.717, 1.165) is 38.6 Å². The number of benzene rings is 1. The first kappa shape index (κ1) is 18.9. The molecule has 1 aliphatic heterocycles. The van der Waals surface area contributed by atoms with Crippen molar-refractivity contribution in [1.82, 2.24) is 10.2 Å². The minimum atomic E-state index is -0.284. The fourth-order valence-electron chi connectivity index (χ4n) is 3.77. The number of hydrogen-bond acceptors (Lipinski definition) is 4. The minimum absolute atomic E-state index is 0.00123. The molecule has 2 aliphatic rings. The van der Waals surface area contributed by atoms with Crippen LogP contribution in [-0.2, 0) is 14.3 Å². The summed E-state index contributed by atoms with van der Waals surface area (Å²) in [4.78, 5) is 26.9. The number of likely N-dealkylation sites (tertiary alicyclic amines) is 1. The Kier molecular flexibility index (Phi) is 6.30. The lowest BCUT2D eigenvalue weighted by Crippen LogP contribution is -2.50. The highest BCUT2D eigenvalue weighted by Crippen LogP contribution is 2.41. The van der Waals surface area contributed by atoms with Gasteiger partial charge in [-0.1, -0.05) is 36.2 Å². The molecule has 5 nitrogen and oxygen atoms in total. The fraction of sp³-hybridized carbons (Fsp3) is 0.619. The smallest absolute Gasteiger partial charge is 0.323 e. The molecule has 1 aromatic carbocycles. The minimum Gasteiger partial charge on any atom is -0.465 e. The van der Waals surface area contributed by atoms with E-state index in [1.165, 1.54) is 11.1 Å². The molecule has 1 amide bonds. The average Bonchev–Trinajstić information content (AvgIpc) is 3.46. The first-order valence-corrected chi connectivity index (χ1v) is 9.85. The average molecular weight is 358 g/mol. The number of hydrogen-bond donors (Lipinski definition) is 1. The summed E-state index contributed by atoms with van der Waals surface area (Å²) in [5.41, 5.74) is 2.40. The highest BCUT2D eigenvalue weighted by molar-refractivity contribution is 5.81. The number of nitrogens with one attached hydrogen (secondary N) is 1. The van der Waals surface area contributed by atoms with Gasteiger partial charge in [0, 0.05) is 0 Å². The zero-order valence-electron chi connectivity index (χ0n) is 15.9. The van der Waals surface area contributed by atoms with Gasteiger partial charge in [0.2, 0.25) is 5.91 Å². The predicted octanol–water partition coefficient (Wildman–Crippen LogP) is 2.98. The van der Waals surface area contributed by atoms with Crippen LogP contribution in [0, 0.1) is 12.8 Å². The number of nitrogens with zero attached hydrogens (tertiary/aromatic N) is 1. The Bertz CT molecular complexity index is 625. The first-order valence-electron chi connectivity index (χ1n) is 9.85. The third-order valence-corrected chi connectivity index (χ3v) is 5.37. The molecule has 1 N–H and O–H groups in total. The zero-order valence-corrected chi connectivity index (χ0v) is 15.9. The molecule has 1 heterocycles. The number of aryl methyl sites for hydroxylation is 1. The molecule has 1 aromatic rings. The number of ether oxygens (including phenoxy) is 1. The van der Waals surface area contributed by atoms with E-state index >= 15 is 0 Å². The Morgan fingerprint density at radius 1 is 1.19 bits per heavy atom. The molecule has 1 aliphatic carbocycles. The van der Waals surface area contributed by atoms with Gasteiger partial charge in [0.1, 0.15) is 6.04 Å². The highest BCUT2D eigenvalue weighted by atomic mass is 16.5. The molecule has 2 fully saturated rings. The van der Waals surface area contributed by atoms with E-state index in [4.69, 9.17) is 4.74 Å². The van der Waals surface area contributed by atoms with Crippen molar-refractivity contribution in [3.8, 4) is 0 Å². The molecule has 0 aromatic heterocycles. The molecule has 0 spiro atoms. The van der Waals surface area contributed by atoms with Crippen molar-refractivity contribution in [1.29, 1.82) is 0 Å². The number of rotatable bonds is 7. The number of carbonyl (C=O) groups is 2. The summed E-state index contributed by atoms with van der Waals surface area (Å²) < 4.78 is 5.19. The quantitative estimate of drug-likeness (QED) is 0.761. The third kappa shape index (κ3) is 4.85. The van der Waals surface area contributed by atoms with E-state index in [-0.39, 0.29) is 30.5 Å². The van der Waals surface area contributed by atoms with Crippen LogP contribution in [-0.4, -0.2) is 42.5 Å². The van der Waals surface area contributed by atoms with Crippen molar-refractivity contribution < 1.29 is 14.3 Å². The second-order valence-corrected chi connectivity index (χ2v) is 7.53. The van der Waals surface area contributed by atoms with Crippen LogP contribution in [0.2, 0.25) is 0 Å². The molecular weight excluding hydrogens is 328 g/mol. The third-order valence-electron chi connectivity index (χ3n) is 5.37. The number of esters is 1. The van der Waals surface area contributed by atoms with Crippen molar-refractivity contribution >= 4 is 11.9 Å². The van der Waals surface area contributed by atoms with E-state index in [9.17, 15) is 9.59 Å². The maximum atomic E-state index is 12.7. The van der Waals surface area contributed by atoms with Crippen LogP contribution >= 0.6 is 0 Å². The van der Waals surface area contributed by atoms with E-state index in [1.54, 1.807) is 0 Å². The molecule has 1 saturated heterocycles. The number of piperidine rings is 1. The molecule has 2 atom stereocenters. The second kappa shape index (κ2) is 8.67. The van der Waals surface area contributed by atoms with E-state index in [2.05, 4.69) is 36.5 Å². The monoisotopic (exact) mass is 358 g/mol. The van der Waals surface area contributed by atoms with Crippen molar-refractivity contribution in [2.45, 2.75) is 58.0 Å². The van der Waals surface area contributed by atoms with Crippen molar-refractivity contribution in [2.75, 3.05) is 19.7 Å². The van der Waals surface area contributed by atoms with Gasteiger partial charge >= 0.3 is 5.97 Å². The molecule has 1 saturated carbocycles. The Morgan fingerprint density at radius 2 is 1.92 bits per heavy atom. The van der Waals surface area contributed by atoms with Crippen molar-refractivity contribution in [3.63, 3.8) is 0 Å². The molecule has 26 heavy (non-hydrogen) atoms. The summed E-state index contributed by atoms with van der Waals surface area (Å²) >= 11 is 0. The molecular formula is C21H30N2O3. The number of amides is 1. The fourth-order valence-corrected chi connectivity index (χ4v) is 3.77. The van der Waals surface area contributed by atoms with Crippen LogP contribution in [0.5, 0.6) is 0 Å². The van der Waals surface area contributed by atoms with Crippen LogP contribution in [0.15, 0.2) is 24.3 Å². The lowest BCUT2D eigenvalue weighted by atomic mass is 10.0. The van der Waals surface area contributed by atoms with Gasteiger partial charge in [-0.05, 0) is 57.6 Å². The van der Waals surface area contributed by atoms with Crippen LogP contribution in [0.1, 0.15) is 56.2 Å². The maximum absolute atomic E-state index is 12.7. The van der Waals surface area contributed by atoms with Gasteiger partial charge in [-0.2, -0.15) is 0 Å². The zero-order chi connectivity index (χ0) is 18.5. The normalized spacial score (nSPS) is 21.8. The van der Waals surface area contributed by atoms with Gasteiger partial charge < -0.3 is 10.1 Å². The lowest BCUT2D eigenvalue weighted by molar-refractivity contribution is -0.151. The molecule has 142 valence electrons. The maximum Gasteiger partial charge on any atom is 0.323 e. The van der Waals surface area contributed by atoms with E-state index < -0.39 is 0 Å². The Hall–Kier alpha value is -1.88. The lowest BCUT2D eigenvalue weighted by Gasteiger charge is -2.33. The van der Waals surface area contributed by atoms with E-state index in [0.29, 0.717) is 12.5 Å². The first-order chi connectivity index (χ1) is 12.6. The van der Waals surface area contributed by atoms with Crippen molar-refractivity contribution in [2.24, 2.45) is 5.92 Å². The van der Waals surface area contributed by atoms with Gasteiger partial charge in [-0.25, -0.2) is 0 Å². The summed E-state index contributed by atoms with van der Waals surface area (Å²) in [6.07, 6.45) is 5.13. The summed E-state index contributed by atoms with van der Waals surface area (Å²) in [5.74, 6) is 0.333. The number of carbonyl (C=O) groups excluding carboxylic acids is 2. The van der Waals surface area contributed by atoms with Crippen LogP contribution in [0.4, 0.5) is 0 Å².